The van der Waals surface area contributed by atoms with Crippen LogP contribution in [-0.2, 0) is 9.53 Å². The van der Waals surface area contributed by atoms with Crippen molar-refractivity contribution >= 4 is 11.9 Å². The molecule has 3 rings (SSSR count). The van der Waals surface area contributed by atoms with E-state index in [-0.39, 0.29) is 23.6 Å². The highest BCUT2D eigenvalue weighted by molar-refractivity contribution is 5.90. The van der Waals surface area contributed by atoms with E-state index in [1.165, 1.54) is 4.68 Å². The Morgan fingerprint density at radius 2 is 1.92 bits per heavy atom. The molecule has 0 aliphatic carbocycles. The average molecular weight is 344 g/mol. The largest absolute Gasteiger partial charge is 0.466 e. The summed E-state index contributed by atoms with van der Waals surface area (Å²) in [5, 5.41) is 4.10. The molecular formula is C17H20N4O4. The molecule has 1 aliphatic heterocycles. The molecule has 0 atom stereocenters. The Kier molecular flexibility index (Phi) is 4.97. The van der Waals surface area contributed by atoms with Crippen molar-refractivity contribution in [1.29, 1.82) is 0 Å². The lowest BCUT2D eigenvalue weighted by molar-refractivity contribution is -0.149. The number of carbonyl (C=O) groups excluding carboxylic acids is 2. The van der Waals surface area contributed by atoms with Gasteiger partial charge in [-0.15, -0.1) is 5.10 Å². The highest BCUT2D eigenvalue weighted by atomic mass is 16.5. The molecule has 0 saturated carbocycles. The van der Waals surface area contributed by atoms with Crippen LogP contribution in [0, 0.1) is 5.92 Å². The Morgan fingerprint density at radius 3 is 2.56 bits per heavy atom. The van der Waals surface area contributed by atoms with E-state index >= 15 is 0 Å². The summed E-state index contributed by atoms with van der Waals surface area (Å²) in [4.78, 5) is 40.5. The summed E-state index contributed by atoms with van der Waals surface area (Å²) in [6.45, 7) is 3.00. The number of hydrogen-bond acceptors (Lipinski definition) is 5. The Bertz CT molecular complexity index is 804. The van der Waals surface area contributed by atoms with Crippen LogP contribution < -0.4 is 5.69 Å². The lowest BCUT2D eigenvalue weighted by atomic mass is 9.97. The number of aromatic amines is 1. The molecule has 2 aromatic rings. The quantitative estimate of drug-likeness (QED) is 0.834. The van der Waals surface area contributed by atoms with Gasteiger partial charge in [0.05, 0.1) is 18.2 Å². The molecule has 1 aromatic heterocycles. The second-order valence-electron chi connectivity index (χ2n) is 5.84. The zero-order valence-electron chi connectivity index (χ0n) is 14.0. The number of amides is 1. The van der Waals surface area contributed by atoms with E-state index in [2.05, 4.69) is 10.1 Å². The van der Waals surface area contributed by atoms with E-state index in [0.29, 0.717) is 38.2 Å². The molecule has 1 fully saturated rings. The van der Waals surface area contributed by atoms with Crippen molar-refractivity contribution in [2.45, 2.75) is 19.8 Å². The van der Waals surface area contributed by atoms with Crippen LogP contribution in [0.3, 0.4) is 0 Å². The highest BCUT2D eigenvalue weighted by Gasteiger charge is 2.30. The van der Waals surface area contributed by atoms with E-state index in [0.717, 1.165) is 0 Å². The number of nitrogens with one attached hydrogen (secondary N) is 1. The third-order valence-corrected chi connectivity index (χ3v) is 4.22. The Hall–Kier alpha value is -2.90. The average Bonchev–Trinajstić information content (AvgIpc) is 3.04. The number of benzene rings is 1. The van der Waals surface area contributed by atoms with Gasteiger partial charge in [-0.2, -0.15) is 4.68 Å². The van der Waals surface area contributed by atoms with Crippen molar-refractivity contribution in [2.24, 2.45) is 5.92 Å². The number of ether oxygens (including phenoxy) is 1. The number of para-hydroxylation sites is 1. The van der Waals surface area contributed by atoms with E-state index in [1.807, 2.05) is 6.07 Å². The van der Waals surface area contributed by atoms with E-state index in [4.69, 9.17) is 4.74 Å². The topological polar surface area (TPSA) is 97.3 Å². The second-order valence-corrected chi connectivity index (χ2v) is 5.84. The smallest absolute Gasteiger partial charge is 0.348 e. The van der Waals surface area contributed by atoms with Gasteiger partial charge in [-0.25, -0.2) is 4.79 Å². The maximum atomic E-state index is 12.6. The number of H-pyrrole nitrogens is 1. The molecule has 0 unspecified atom stereocenters. The van der Waals surface area contributed by atoms with Gasteiger partial charge in [-0.1, -0.05) is 18.2 Å². The van der Waals surface area contributed by atoms with Crippen molar-refractivity contribution in [2.75, 3.05) is 19.7 Å². The van der Waals surface area contributed by atoms with Gasteiger partial charge in [0.25, 0.3) is 5.91 Å². The first-order valence-corrected chi connectivity index (χ1v) is 8.31. The van der Waals surface area contributed by atoms with Gasteiger partial charge in [-0.05, 0) is 31.9 Å². The molecule has 8 nitrogen and oxygen atoms in total. The lowest BCUT2D eigenvalue weighted by Gasteiger charge is -2.30. The van der Waals surface area contributed by atoms with Crippen LogP contribution in [-0.4, -0.2) is 51.2 Å². The summed E-state index contributed by atoms with van der Waals surface area (Å²) >= 11 is 0. The standard InChI is InChI=1S/C17H20N4O4/c1-2-25-16(23)12-8-10-20(11-9-12)15(22)14-18-17(24)21(19-14)13-6-4-3-5-7-13/h3-7,12H,2,8-11H2,1H3,(H,18,19,24). The van der Waals surface area contributed by atoms with Crippen molar-refractivity contribution in [3.8, 4) is 5.69 Å². The monoisotopic (exact) mass is 344 g/mol. The summed E-state index contributed by atoms with van der Waals surface area (Å²) in [5.74, 6) is -0.723. The van der Waals surface area contributed by atoms with Crippen molar-refractivity contribution < 1.29 is 14.3 Å². The third kappa shape index (κ3) is 3.62. The van der Waals surface area contributed by atoms with Crippen LogP contribution in [0.2, 0.25) is 0 Å². The van der Waals surface area contributed by atoms with Crippen LogP contribution in [0.5, 0.6) is 0 Å². The molecule has 25 heavy (non-hydrogen) atoms. The molecule has 0 bridgehead atoms. The SMILES string of the molecule is CCOC(=O)C1CCN(C(=O)c2nn(-c3ccccc3)c(=O)[nH]2)CC1. The minimum atomic E-state index is -0.462. The number of esters is 1. The van der Waals surface area contributed by atoms with Crippen molar-refractivity contribution in [3.05, 3.63) is 46.6 Å². The molecule has 1 saturated heterocycles. The number of carbonyl (C=O) groups is 2. The van der Waals surface area contributed by atoms with Crippen molar-refractivity contribution in [1.82, 2.24) is 19.7 Å². The summed E-state index contributed by atoms with van der Waals surface area (Å²) in [7, 11) is 0. The first kappa shape index (κ1) is 16.9. The maximum Gasteiger partial charge on any atom is 0.348 e. The molecule has 1 N–H and O–H groups in total. The molecule has 132 valence electrons. The number of aromatic nitrogens is 3. The Balaban J connectivity index is 1.69. The molecule has 1 aliphatic rings. The fourth-order valence-electron chi connectivity index (χ4n) is 2.89. The summed E-state index contributed by atoms with van der Waals surface area (Å²) in [6.07, 6.45) is 1.10. The van der Waals surface area contributed by atoms with E-state index in [1.54, 1.807) is 36.1 Å². The predicted octanol–water partition coefficient (Wildman–Crippen LogP) is 0.976. The lowest BCUT2D eigenvalue weighted by Crippen LogP contribution is -2.41. The zero-order valence-corrected chi connectivity index (χ0v) is 14.0. The minimum Gasteiger partial charge on any atom is -0.466 e. The highest BCUT2D eigenvalue weighted by Crippen LogP contribution is 2.19. The van der Waals surface area contributed by atoms with Crippen LogP contribution in [0.1, 0.15) is 30.4 Å². The molecular weight excluding hydrogens is 324 g/mol. The predicted molar refractivity (Wildman–Crippen MR) is 89.4 cm³/mol. The second kappa shape index (κ2) is 7.33. The molecule has 0 radical (unpaired) electrons. The van der Waals surface area contributed by atoms with Gasteiger partial charge >= 0.3 is 11.7 Å². The summed E-state index contributed by atoms with van der Waals surface area (Å²) in [5.41, 5.74) is 0.125. The van der Waals surface area contributed by atoms with Crippen molar-refractivity contribution in [3.63, 3.8) is 0 Å². The van der Waals surface area contributed by atoms with Gasteiger partial charge in [0.2, 0.25) is 5.82 Å². The fourth-order valence-corrected chi connectivity index (χ4v) is 2.89. The van der Waals surface area contributed by atoms with Crippen LogP contribution in [0.25, 0.3) is 5.69 Å². The van der Waals surface area contributed by atoms with Crippen LogP contribution in [0.4, 0.5) is 0 Å². The number of hydrogen-bond donors (Lipinski definition) is 1. The fraction of sp³-hybridized carbons (Fsp3) is 0.412. The number of piperidine rings is 1. The van der Waals surface area contributed by atoms with Gasteiger partial charge in [0.15, 0.2) is 0 Å². The molecule has 0 spiro atoms. The van der Waals surface area contributed by atoms with Gasteiger partial charge in [0, 0.05) is 13.1 Å². The zero-order chi connectivity index (χ0) is 17.8. The summed E-state index contributed by atoms with van der Waals surface area (Å²) in [6, 6.07) is 8.89. The van der Waals surface area contributed by atoms with Gasteiger partial charge < -0.3 is 9.64 Å². The Labute approximate surface area is 144 Å². The maximum absolute atomic E-state index is 12.6. The molecule has 8 heteroatoms. The normalized spacial score (nSPS) is 15.2. The molecule has 1 amide bonds. The van der Waals surface area contributed by atoms with E-state index in [9.17, 15) is 14.4 Å². The van der Waals surface area contributed by atoms with Gasteiger partial charge in [0.1, 0.15) is 0 Å². The third-order valence-electron chi connectivity index (χ3n) is 4.22. The molecule has 1 aromatic carbocycles. The number of likely N-dealkylation sites (tertiary alicyclic amines) is 1. The first-order chi connectivity index (χ1) is 12.1. The first-order valence-electron chi connectivity index (χ1n) is 8.31. The van der Waals surface area contributed by atoms with E-state index < -0.39 is 5.69 Å². The number of rotatable bonds is 4. The minimum absolute atomic E-state index is 0.00318. The summed E-state index contributed by atoms with van der Waals surface area (Å²) < 4.78 is 6.19. The Morgan fingerprint density at radius 1 is 1.24 bits per heavy atom. The van der Waals surface area contributed by atoms with Gasteiger partial charge in [-0.3, -0.25) is 14.6 Å². The van der Waals surface area contributed by atoms with Crippen LogP contribution in [0.15, 0.2) is 35.1 Å². The number of nitrogens with zero attached hydrogens (tertiary/aromatic N) is 3. The van der Waals surface area contributed by atoms with Crippen LogP contribution >= 0.6 is 0 Å². The molecule has 2 heterocycles.